The Morgan fingerprint density at radius 3 is 2.43 bits per heavy atom. The molecule has 0 spiro atoms. The van der Waals surface area contributed by atoms with Crippen molar-refractivity contribution < 1.29 is 18.7 Å². The number of benzene rings is 2. The normalized spacial score (nSPS) is 14.0. The molecule has 0 unspecified atom stereocenters. The highest BCUT2D eigenvalue weighted by Gasteiger charge is 2.27. The molecule has 1 N–H and O–H groups in total. The van der Waals surface area contributed by atoms with Crippen molar-refractivity contribution in [3.8, 4) is 22.7 Å². The second kappa shape index (κ2) is 9.89. The van der Waals surface area contributed by atoms with E-state index in [1.807, 2.05) is 54.6 Å². The Morgan fingerprint density at radius 2 is 1.77 bits per heavy atom. The van der Waals surface area contributed by atoms with Gasteiger partial charge in [0.05, 0.1) is 30.2 Å². The molecule has 2 aromatic carbocycles. The number of carbonyl (C=O) groups is 2. The summed E-state index contributed by atoms with van der Waals surface area (Å²) >= 11 is 0. The number of rotatable bonds is 6. The maximum atomic E-state index is 13.4. The number of ether oxygens (including phenoxy) is 1. The van der Waals surface area contributed by atoms with E-state index < -0.39 is 0 Å². The number of amides is 2. The van der Waals surface area contributed by atoms with Gasteiger partial charge in [-0.05, 0) is 55.3 Å². The van der Waals surface area contributed by atoms with Gasteiger partial charge >= 0.3 is 0 Å². The van der Waals surface area contributed by atoms with Crippen molar-refractivity contribution in [2.45, 2.75) is 18.9 Å². The Kier molecular flexibility index (Phi) is 6.34. The number of methoxy groups -OCH3 is 1. The van der Waals surface area contributed by atoms with Crippen LogP contribution in [0.25, 0.3) is 16.9 Å². The Balaban J connectivity index is 1.34. The molecule has 8 nitrogen and oxygen atoms in total. The molecule has 4 aromatic rings. The van der Waals surface area contributed by atoms with E-state index in [2.05, 4.69) is 5.32 Å². The van der Waals surface area contributed by atoms with Crippen molar-refractivity contribution in [1.82, 2.24) is 20.0 Å². The van der Waals surface area contributed by atoms with Crippen molar-refractivity contribution in [2.24, 2.45) is 0 Å². The molecule has 3 heterocycles. The molecule has 0 saturated carbocycles. The highest BCUT2D eigenvalue weighted by molar-refractivity contribution is 6.00. The van der Waals surface area contributed by atoms with Crippen LogP contribution in [0.1, 0.15) is 33.6 Å². The van der Waals surface area contributed by atoms with Crippen LogP contribution in [0.4, 0.5) is 0 Å². The van der Waals surface area contributed by atoms with Crippen LogP contribution >= 0.6 is 0 Å². The fourth-order valence-electron chi connectivity index (χ4n) is 4.27. The zero-order valence-corrected chi connectivity index (χ0v) is 19.4. The lowest BCUT2D eigenvalue weighted by Gasteiger charge is -2.32. The minimum absolute atomic E-state index is 0.0281. The maximum Gasteiger partial charge on any atom is 0.257 e. The molecule has 0 aliphatic carbocycles. The van der Waals surface area contributed by atoms with Gasteiger partial charge in [0.15, 0.2) is 0 Å². The first-order valence-electron chi connectivity index (χ1n) is 11.5. The molecule has 8 heteroatoms. The van der Waals surface area contributed by atoms with Gasteiger partial charge in [0.1, 0.15) is 17.7 Å². The smallest absolute Gasteiger partial charge is 0.257 e. The van der Waals surface area contributed by atoms with Gasteiger partial charge in [0, 0.05) is 30.9 Å². The summed E-state index contributed by atoms with van der Waals surface area (Å²) in [5.74, 6) is 0.506. The summed E-state index contributed by atoms with van der Waals surface area (Å²) in [7, 11) is 1.62. The summed E-state index contributed by atoms with van der Waals surface area (Å²) in [5.41, 5.74) is 3.33. The number of nitrogens with zero attached hydrogens (tertiary/aromatic N) is 3. The van der Waals surface area contributed by atoms with Crippen LogP contribution in [0.2, 0.25) is 0 Å². The third kappa shape index (κ3) is 4.82. The third-order valence-corrected chi connectivity index (χ3v) is 6.23. The van der Waals surface area contributed by atoms with Gasteiger partial charge in [-0.2, -0.15) is 5.10 Å². The van der Waals surface area contributed by atoms with Crippen LogP contribution in [0.5, 0.6) is 5.75 Å². The number of nitrogens with one attached hydrogen (secondary N) is 1. The summed E-state index contributed by atoms with van der Waals surface area (Å²) in [4.78, 5) is 27.7. The standard InChI is InChI=1S/C27H26N4O4/c1-34-23-9-7-19(8-10-23)25-24(17-31(29-25)22-5-3-2-4-6-22)26(32)28-21-11-14-30(15-12-21)27(33)20-13-16-35-18-20/h2-10,13,16-18,21H,11-12,14-15H2,1H3,(H,28,32). The summed E-state index contributed by atoms with van der Waals surface area (Å²) < 4.78 is 12.0. The summed E-state index contributed by atoms with van der Waals surface area (Å²) in [6.07, 6.45) is 6.08. The Hall–Kier alpha value is -4.33. The zero-order chi connectivity index (χ0) is 24.2. The van der Waals surface area contributed by atoms with Crippen molar-refractivity contribution in [3.05, 3.63) is 90.5 Å². The molecule has 1 aliphatic rings. The van der Waals surface area contributed by atoms with E-state index in [9.17, 15) is 9.59 Å². The summed E-state index contributed by atoms with van der Waals surface area (Å²) in [6, 6.07) is 18.8. The van der Waals surface area contributed by atoms with Gasteiger partial charge in [-0.1, -0.05) is 18.2 Å². The maximum absolute atomic E-state index is 13.4. The predicted octanol–water partition coefficient (Wildman–Crippen LogP) is 4.18. The molecule has 2 aromatic heterocycles. The minimum atomic E-state index is -0.183. The van der Waals surface area contributed by atoms with Gasteiger partial charge in [-0.25, -0.2) is 4.68 Å². The molecule has 0 atom stereocenters. The van der Waals surface area contributed by atoms with E-state index in [-0.39, 0.29) is 17.9 Å². The number of hydrogen-bond acceptors (Lipinski definition) is 5. The van der Waals surface area contributed by atoms with Crippen LogP contribution in [0.3, 0.4) is 0 Å². The van der Waals surface area contributed by atoms with Gasteiger partial charge in [0.25, 0.3) is 11.8 Å². The lowest BCUT2D eigenvalue weighted by atomic mass is 10.0. The van der Waals surface area contributed by atoms with Gasteiger partial charge in [-0.15, -0.1) is 0 Å². The number of aromatic nitrogens is 2. The molecule has 178 valence electrons. The van der Waals surface area contributed by atoms with E-state index in [1.54, 1.807) is 29.0 Å². The van der Waals surface area contributed by atoms with E-state index in [1.165, 1.54) is 12.5 Å². The molecular weight excluding hydrogens is 444 g/mol. The van der Waals surface area contributed by atoms with Crippen molar-refractivity contribution >= 4 is 11.8 Å². The van der Waals surface area contributed by atoms with Crippen LogP contribution in [0, 0.1) is 0 Å². The largest absolute Gasteiger partial charge is 0.497 e. The number of para-hydroxylation sites is 1. The highest BCUT2D eigenvalue weighted by Crippen LogP contribution is 2.26. The zero-order valence-electron chi connectivity index (χ0n) is 19.4. The van der Waals surface area contributed by atoms with E-state index >= 15 is 0 Å². The Bertz CT molecular complexity index is 1290. The second-order valence-corrected chi connectivity index (χ2v) is 8.45. The summed E-state index contributed by atoms with van der Waals surface area (Å²) in [6.45, 7) is 1.15. The number of carbonyl (C=O) groups excluding carboxylic acids is 2. The predicted molar refractivity (Wildman–Crippen MR) is 131 cm³/mol. The average molecular weight is 471 g/mol. The third-order valence-electron chi connectivity index (χ3n) is 6.23. The number of furan rings is 1. The van der Waals surface area contributed by atoms with Crippen molar-refractivity contribution in [3.63, 3.8) is 0 Å². The van der Waals surface area contributed by atoms with Crippen molar-refractivity contribution in [1.29, 1.82) is 0 Å². The van der Waals surface area contributed by atoms with Crippen LogP contribution in [-0.2, 0) is 0 Å². The van der Waals surface area contributed by atoms with E-state index in [0.29, 0.717) is 42.8 Å². The molecule has 1 saturated heterocycles. The first kappa shape index (κ1) is 22.5. The number of piperidine rings is 1. The van der Waals surface area contributed by atoms with Crippen LogP contribution < -0.4 is 10.1 Å². The van der Waals surface area contributed by atoms with Gasteiger partial charge in [-0.3, -0.25) is 9.59 Å². The first-order chi connectivity index (χ1) is 17.1. The molecule has 35 heavy (non-hydrogen) atoms. The molecule has 0 radical (unpaired) electrons. The number of hydrogen-bond donors (Lipinski definition) is 1. The number of likely N-dealkylation sites (tertiary alicyclic amines) is 1. The SMILES string of the molecule is COc1ccc(-c2nn(-c3ccccc3)cc2C(=O)NC2CCN(C(=O)c3ccoc3)CC2)cc1. The van der Waals surface area contributed by atoms with Gasteiger partial charge < -0.3 is 19.4 Å². The lowest BCUT2D eigenvalue weighted by Crippen LogP contribution is -2.46. The topological polar surface area (TPSA) is 89.6 Å². The monoisotopic (exact) mass is 470 g/mol. The van der Waals surface area contributed by atoms with Crippen LogP contribution in [-0.4, -0.2) is 52.7 Å². The Labute approximate surface area is 203 Å². The quantitative estimate of drug-likeness (QED) is 0.457. The van der Waals surface area contributed by atoms with Gasteiger partial charge in [0.2, 0.25) is 0 Å². The van der Waals surface area contributed by atoms with Crippen LogP contribution in [0.15, 0.2) is 83.8 Å². The Morgan fingerprint density at radius 1 is 1.03 bits per heavy atom. The summed E-state index contributed by atoms with van der Waals surface area (Å²) in [5, 5.41) is 7.89. The molecule has 1 fully saturated rings. The van der Waals surface area contributed by atoms with E-state index in [4.69, 9.17) is 14.3 Å². The molecule has 0 bridgehead atoms. The fraction of sp³-hybridized carbons (Fsp3) is 0.222. The highest BCUT2D eigenvalue weighted by atomic mass is 16.5. The second-order valence-electron chi connectivity index (χ2n) is 8.45. The fourth-order valence-corrected chi connectivity index (χ4v) is 4.27. The lowest BCUT2D eigenvalue weighted by molar-refractivity contribution is 0.0697. The minimum Gasteiger partial charge on any atom is -0.497 e. The first-order valence-corrected chi connectivity index (χ1v) is 11.5. The molecule has 5 rings (SSSR count). The molecule has 2 amide bonds. The molecular formula is C27H26N4O4. The molecule has 1 aliphatic heterocycles. The van der Waals surface area contributed by atoms with Crippen molar-refractivity contribution in [2.75, 3.05) is 20.2 Å². The average Bonchev–Trinajstić information content (AvgIpc) is 3.60. The van der Waals surface area contributed by atoms with E-state index in [0.717, 1.165) is 17.0 Å².